The van der Waals surface area contributed by atoms with Gasteiger partial charge in [0.2, 0.25) is 0 Å². The molecule has 6 heteroatoms. The Morgan fingerprint density at radius 1 is 1.44 bits per heavy atom. The molecule has 0 aliphatic carbocycles. The molecule has 1 radical (unpaired) electrons. The fourth-order valence-electron chi connectivity index (χ4n) is 2.76. The van der Waals surface area contributed by atoms with E-state index in [2.05, 4.69) is 22.9 Å². The topological polar surface area (TPSA) is 29.5 Å². The minimum Gasteiger partial charge on any atom is -0.444 e. The van der Waals surface area contributed by atoms with Gasteiger partial charge in [0, 0.05) is 37.2 Å². The van der Waals surface area contributed by atoms with Gasteiger partial charge in [0.1, 0.15) is 11.8 Å². The number of nitrogens with zero attached hydrogens (tertiary/aromatic N) is 1. The van der Waals surface area contributed by atoms with Gasteiger partial charge in [-0.15, -0.1) is 0 Å². The summed E-state index contributed by atoms with van der Waals surface area (Å²) in [6.07, 6.45) is 1.54. The summed E-state index contributed by atoms with van der Waals surface area (Å²) in [5, 5.41) is 0. The van der Waals surface area contributed by atoms with E-state index in [0.29, 0.717) is 12.8 Å². The van der Waals surface area contributed by atoms with Crippen LogP contribution in [0.15, 0.2) is 28.7 Å². The summed E-state index contributed by atoms with van der Waals surface area (Å²) in [6, 6.07) is 7.76. The van der Waals surface area contributed by atoms with E-state index in [-0.39, 0.29) is 51.2 Å². The van der Waals surface area contributed by atoms with Gasteiger partial charge in [-0.05, 0) is 39.3 Å². The van der Waals surface area contributed by atoms with E-state index in [1.807, 2.05) is 51.5 Å². The van der Waals surface area contributed by atoms with Crippen molar-refractivity contribution >= 4 is 22.0 Å². The van der Waals surface area contributed by atoms with Crippen LogP contribution >= 0.6 is 15.9 Å². The van der Waals surface area contributed by atoms with Crippen LogP contribution in [0.3, 0.4) is 0 Å². The first-order valence-corrected chi connectivity index (χ1v) is 9.00. The van der Waals surface area contributed by atoms with Crippen molar-refractivity contribution in [2.45, 2.75) is 57.3 Å². The van der Waals surface area contributed by atoms with Crippen LogP contribution in [0.1, 0.15) is 45.1 Å². The van der Waals surface area contributed by atoms with Crippen molar-refractivity contribution in [3.63, 3.8) is 0 Å². The molecule has 1 aliphatic rings. The molecule has 1 fully saturated rings. The number of amides is 1. The molecule has 1 aromatic rings. The van der Waals surface area contributed by atoms with E-state index in [1.54, 1.807) is 0 Å². The van der Waals surface area contributed by atoms with E-state index < -0.39 is 17.9 Å². The molecule has 25 heavy (non-hydrogen) atoms. The fourth-order valence-corrected chi connectivity index (χ4v) is 3.02. The van der Waals surface area contributed by atoms with E-state index in [4.69, 9.17) is 4.74 Å². The Kier molecular flexibility index (Phi) is 9.03. The Morgan fingerprint density at radius 3 is 2.60 bits per heavy atom. The molecule has 137 valence electrons. The van der Waals surface area contributed by atoms with Crippen molar-refractivity contribution in [3.8, 4) is 0 Å². The maximum atomic E-state index is 13.8. The van der Waals surface area contributed by atoms with Crippen LogP contribution in [0.4, 0.5) is 9.18 Å². The molecule has 2 rings (SSSR count). The van der Waals surface area contributed by atoms with Gasteiger partial charge >= 0.3 is 6.09 Å². The summed E-state index contributed by atoms with van der Waals surface area (Å²) in [5.41, 5.74) is 0.538. The first-order chi connectivity index (χ1) is 11.2. The molecule has 0 N–H and O–H groups in total. The average molecular weight is 487 g/mol. The number of carbonyl (C=O) groups is 1. The second kappa shape index (κ2) is 9.80. The molecule has 3 atom stereocenters. The maximum Gasteiger partial charge on any atom is 0.408 e. The minimum atomic E-state index is -1.00. The summed E-state index contributed by atoms with van der Waals surface area (Å²) in [4.78, 5) is 13.8. The number of halogens is 2. The number of alkyl halides is 1. The van der Waals surface area contributed by atoms with Crippen molar-refractivity contribution in [3.05, 3.63) is 47.6 Å². The monoisotopic (exact) mass is 486 g/mol. The number of benzene rings is 1. The van der Waals surface area contributed by atoms with Gasteiger partial charge in [0.25, 0.3) is 0 Å². The Labute approximate surface area is 184 Å². The van der Waals surface area contributed by atoms with E-state index in [0.717, 1.165) is 10.0 Å². The molecule has 1 saturated heterocycles. The van der Waals surface area contributed by atoms with Crippen molar-refractivity contribution in [2.24, 2.45) is 0 Å². The molecule has 1 aromatic carbocycles. The summed E-state index contributed by atoms with van der Waals surface area (Å²) >= 11 is 3.41. The number of carbonyl (C=O) groups excluding carboxylic acids is 1. The van der Waals surface area contributed by atoms with Crippen LogP contribution in [0.2, 0.25) is 0 Å². The van der Waals surface area contributed by atoms with Gasteiger partial charge in [-0.2, -0.15) is 12.3 Å². The van der Waals surface area contributed by atoms with Crippen LogP contribution in [0.5, 0.6) is 0 Å². The number of hydrogen-bond donors (Lipinski definition) is 0. The van der Waals surface area contributed by atoms with E-state index in [9.17, 15) is 9.18 Å². The summed E-state index contributed by atoms with van der Waals surface area (Å²) in [5.74, 6) is 0.0669. The summed E-state index contributed by atoms with van der Waals surface area (Å²) < 4.78 is 20.2. The maximum absolute atomic E-state index is 13.8. The third-order valence-corrected chi connectivity index (χ3v) is 4.48. The van der Waals surface area contributed by atoms with Crippen molar-refractivity contribution < 1.29 is 46.6 Å². The Balaban J connectivity index is 0.00000312. The molecule has 1 heterocycles. The SMILES string of the molecule is [CH2-]C(C[CH-][C@@H]1C[C@@H](F)CN1C(=O)OC(C)(C)C)c1ccc(Br)cc1.[Y]. The van der Waals surface area contributed by atoms with E-state index in [1.165, 1.54) is 4.90 Å². The van der Waals surface area contributed by atoms with Crippen LogP contribution in [-0.2, 0) is 37.4 Å². The van der Waals surface area contributed by atoms with E-state index >= 15 is 0 Å². The van der Waals surface area contributed by atoms with Gasteiger partial charge in [-0.25, -0.2) is 9.18 Å². The van der Waals surface area contributed by atoms with Gasteiger partial charge in [0.05, 0.1) is 6.54 Å². The van der Waals surface area contributed by atoms with Crippen LogP contribution in [-0.4, -0.2) is 35.4 Å². The third kappa shape index (κ3) is 7.26. The van der Waals surface area contributed by atoms with Crippen molar-refractivity contribution in [1.29, 1.82) is 0 Å². The van der Waals surface area contributed by atoms with Crippen LogP contribution in [0.25, 0.3) is 0 Å². The zero-order valence-corrected chi connectivity index (χ0v) is 19.5. The largest absolute Gasteiger partial charge is 0.444 e. The number of ether oxygens (including phenoxy) is 1. The molecule has 1 amide bonds. The standard InChI is InChI=1S/C19H25BrFNO2.Y/c1-13(14-6-8-15(20)9-7-14)5-10-17-11-16(21)12-22(17)18(23)24-19(2,3)4;/h6-10,13,16-17H,1,5,11-12H2,2-4H3;/q-2;/t13?,16-,17-;/m1./s1. The van der Waals surface area contributed by atoms with Gasteiger partial charge in [-0.1, -0.05) is 39.7 Å². The van der Waals surface area contributed by atoms with Gasteiger partial charge in [-0.3, -0.25) is 0 Å². The molecule has 1 unspecified atom stereocenters. The molecule has 0 saturated carbocycles. The molecule has 0 aromatic heterocycles. The van der Waals surface area contributed by atoms with Crippen molar-refractivity contribution in [2.75, 3.05) is 6.54 Å². The normalized spacial score (nSPS) is 21.6. The molecular weight excluding hydrogens is 462 g/mol. The van der Waals surface area contributed by atoms with Gasteiger partial charge < -0.3 is 23.0 Å². The quantitative estimate of drug-likeness (QED) is 0.540. The fraction of sp³-hybridized carbons (Fsp3) is 0.526. The molecule has 0 bridgehead atoms. The zero-order chi connectivity index (χ0) is 17.9. The molecule has 1 aliphatic heterocycles. The smallest absolute Gasteiger partial charge is 0.408 e. The average Bonchev–Trinajstić information content (AvgIpc) is 2.85. The number of rotatable bonds is 4. The molecule has 0 spiro atoms. The zero-order valence-electron chi connectivity index (χ0n) is 15.0. The minimum absolute atomic E-state index is 0. The second-order valence-corrected chi connectivity index (χ2v) is 8.17. The first kappa shape index (κ1) is 23.0. The second-order valence-electron chi connectivity index (χ2n) is 7.25. The van der Waals surface area contributed by atoms with Crippen LogP contribution < -0.4 is 0 Å². The van der Waals surface area contributed by atoms with Crippen molar-refractivity contribution in [1.82, 2.24) is 4.90 Å². The Morgan fingerprint density at radius 2 is 2.04 bits per heavy atom. The molecule has 3 nitrogen and oxygen atoms in total. The predicted octanol–water partition coefficient (Wildman–Crippen LogP) is 5.31. The third-order valence-electron chi connectivity index (χ3n) is 3.95. The number of likely N-dealkylation sites (tertiary alicyclic amines) is 1. The number of hydrogen-bond acceptors (Lipinski definition) is 2. The van der Waals surface area contributed by atoms with Crippen LogP contribution in [0, 0.1) is 13.3 Å². The summed E-state index contributed by atoms with van der Waals surface area (Å²) in [7, 11) is 0. The molecular formula is C19H25BrFNO2Y-2. The first-order valence-electron chi connectivity index (χ1n) is 8.21. The van der Waals surface area contributed by atoms with Gasteiger partial charge in [0.15, 0.2) is 0 Å². The Hall–Kier alpha value is 0.00390. The Bertz CT molecular complexity index is 562. The predicted molar refractivity (Wildman–Crippen MR) is 97.4 cm³/mol. The summed E-state index contributed by atoms with van der Waals surface area (Å²) in [6.45, 7) is 9.70.